The van der Waals surface area contributed by atoms with Crippen molar-refractivity contribution >= 4 is 15.9 Å². The molecule has 0 unspecified atom stereocenters. The smallest absolute Gasteiger partial charge is 0.169 e. The third-order valence-corrected chi connectivity index (χ3v) is 4.06. The van der Waals surface area contributed by atoms with E-state index in [0.717, 1.165) is 54.3 Å². The minimum absolute atomic E-state index is 0.713. The monoisotopic (exact) mass is 344 g/mol. The van der Waals surface area contributed by atoms with Crippen LogP contribution < -0.4 is 19.5 Å². The Balaban J connectivity index is 2.38. The number of benzene rings is 1. The third-order valence-electron chi connectivity index (χ3n) is 3.47. The second-order valence-corrected chi connectivity index (χ2v) is 5.49. The first-order valence-corrected chi connectivity index (χ1v) is 7.41. The molecule has 0 spiro atoms. The number of ether oxygens (including phenoxy) is 3. The Hall–Kier alpha value is -0.980. The molecule has 0 amide bonds. The maximum absolute atomic E-state index is 5.54. The van der Waals surface area contributed by atoms with E-state index in [9.17, 15) is 0 Å². The molecule has 5 nitrogen and oxygen atoms in total. The van der Waals surface area contributed by atoms with Gasteiger partial charge in [0.05, 0.1) is 31.4 Å². The number of hydrogen-bond donors (Lipinski definition) is 1. The topological polar surface area (TPSA) is 43.0 Å². The van der Waals surface area contributed by atoms with Gasteiger partial charge in [0.15, 0.2) is 11.5 Å². The molecular weight excluding hydrogens is 324 g/mol. The highest BCUT2D eigenvalue weighted by Crippen LogP contribution is 2.43. The summed E-state index contributed by atoms with van der Waals surface area (Å²) in [7, 11) is 4.98. The number of methoxy groups -OCH3 is 3. The minimum Gasteiger partial charge on any atom is -0.495 e. The molecule has 1 N–H and O–H groups in total. The van der Waals surface area contributed by atoms with Crippen molar-refractivity contribution in [2.24, 2.45) is 0 Å². The molecule has 1 aliphatic rings. The SMILES string of the molecule is COc1cc(Br)c(OC)c(CN2CCNCC2)c1OC. The number of nitrogens with zero attached hydrogens (tertiary/aromatic N) is 1. The van der Waals surface area contributed by atoms with Gasteiger partial charge in [-0.05, 0) is 15.9 Å². The van der Waals surface area contributed by atoms with Crippen LogP contribution in [-0.4, -0.2) is 52.4 Å². The van der Waals surface area contributed by atoms with Crippen molar-refractivity contribution in [3.63, 3.8) is 0 Å². The molecule has 0 atom stereocenters. The van der Waals surface area contributed by atoms with Gasteiger partial charge in [0, 0.05) is 38.8 Å². The summed E-state index contributed by atoms with van der Waals surface area (Å²) in [5.41, 5.74) is 1.02. The van der Waals surface area contributed by atoms with Crippen molar-refractivity contribution in [1.29, 1.82) is 0 Å². The summed E-state index contributed by atoms with van der Waals surface area (Å²) < 4.78 is 17.4. The van der Waals surface area contributed by atoms with E-state index < -0.39 is 0 Å². The molecule has 1 aromatic rings. The molecular formula is C14H21BrN2O3. The largest absolute Gasteiger partial charge is 0.495 e. The van der Waals surface area contributed by atoms with E-state index in [1.165, 1.54) is 0 Å². The van der Waals surface area contributed by atoms with Crippen molar-refractivity contribution in [2.75, 3.05) is 47.5 Å². The van der Waals surface area contributed by atoms with Crippen LogP contribution in [0, 0.1) is 0 Å². The van der Waals surface area contributed by atoms with E-state index in [2.05, 4.69) is 26.1 Å². The molecule has 2 rings (SSSR count). The van der Waals surface area contributed by atoms with Gasteiger partial charge in [-0.2, -0.15) is 0 Å². The van der Waals surface area contributed by atoms with Gasteiger partial charge in [-0.25, -0.2) is 0 Å². The van der Waals surface area contributed by atoms with Crippen molar-refractivity contribution in [3.05, 3.63) is 16.1 Å². The van der Waals surface area contributed by atoms with Crippen LogP contribution in [-0.2, 0) is 6.54 Å². The van der Waals surface area contributed by atoms with E-state index in [-0.39, 0.29) is 0 Å². The Kier molecular flexibility index (Phi) is 5.51. The van der Waals surface area contributed by atoms with Crippen LogP contribution in [0.25, 0.3) is 0 Å². The predicted octanol–water partition coefficient (Wildman–Crippen LogP) is 1.88. The normalized spacial score (nSPS) is 16.0. The Labute approximate surface area is 128 Å². The highest BCUT2D eigenvalue weighted by atomic mass is 79.9. The Morgan fingerprint density at radius 1 is 1.10 bits per heavy atom. The summed E-state index contributed by atoms with van der Waals surface area (Å²) in [6, 6.07) is 1.87. The zero-order chi connectivity index (χ0) is 14.5. The van der Waals surface area contributed by atoms with E-state index in [1.54, 1.807) is 21.3 Å². The number of rotatable bonds is 5. The lowest BCUT2D eigenvalue weighted by Gasteiger charge is -2.29. The molecule has 20 heavy (non-hydrogen) atoms. The van der Waals surface area contributed by atoms with Crippen LogP contribution in [0.5, 0.6) is 17.2 Å². The lowest BCUT2D eigenvalue weighted by atomic mass is 10.1. The predicted molar refractivity (Wildman–Crippen MR) is 81.9 cm³/mol. The fourth-order valence-corrected chi connectivity index (χ4v) is 3.08. The molecule has 0 saturated carbocycles. The van der Waals surface area contributed by atoms with Crippen molar-refractivity contribution in [3.8, 4) is 17.2 Å². The zero-order valence-corrected chi connectivity index (χ0v) is 13.7. The molecule has 0 bridgehead atoms. The summed E-state index contributed by atoms with van der Waals surface area (Å²) in [6.07, 6.45) is 0. The average Bonchev–Trinajstić information content (AvgIpc) is 2.48. The fraction of sp³-hybridized carbons (Fsp3) is 0.571. The Morgan fingerprint density at radius 3 is 2.30 bits per heavy atom. The lowest BCUT2D eigenvalue weighted by Crippen LogP contribution is -2.43. The average molecular weight is 345 g/mol. The molecule has 112 valence electrons. The molecule has 1 heterocycles. The van der Waals surface area contributed by atoms with Gasteiger partial charge >= 0.3 is 0 Å². The van der Waals surface area contributed by atoms with Crippen LogP contribution in [0.3, 0.4) is 0 Å². The molecule has 1 aromatic carbocycles. The van der Waals surface area contributed by atoms with Crippen LogP contribution >= 0.6 is 15.9 Å². The Morgan fingerprint density at radius 2 is 1.75 bits per heavy atom. The summed E-state index contributed by atoms with van der Waals surface area (Å²) in [4.78, 5) is 2.38. The molecule has 0 aromatic heterocycles. The van der Waals surface area contributed by atoms with Gasteiger partial charge in [-0.15, -0.1) is 0 Å². The standard InChI is InChI=1S/C14H21BrN2O3/c1-18-12-8-11(15)13(19-2)10(14(12)20-3)9-17-6-4-16-5-7-17/h8,16H,4-7,9H2,1-3H3. The van der Waals surface area contributed by atoms with Gasteiger partial charge in [0.2, 0.25) is 0 Å². The van der Waals surface area contributed by atoms with Crippen LogP contribution in [0.1, 0.15) is 5.56 Å². The summed E-state index contributed by atoms with van der Waals surface area (Å²) in [6.45, 7) is 4.83. The van der Waals surface area contributed by atoms with E-state index in [4.69, 9.17) is 14.2 Å². The summed E-state index contributed by atoms with van der Waals surface area (Å²) >= 11 is 3.54. The number of hydrogen-bond acceptors (Lipinski definition) is 5. The molecule has 1 fully saturated rings. The molecule has 6 heteroatoms. The van der Waals surface area contributed by atoms with Crippen molar-refractivity contribution in [1.82, 2.24) is 10.2 Å². The maximum atomic E-state index is 5.54. The van der Waals surface area contributed by atoms with Crippen LogP contribution in [0.2, 0.25) is 0 Å². The lowest BCUT2D eigenvalue weighted by molar-refractivity contribution is 0.225. The van der Waals surface area contributed by atoms with E-state index in [1.807, 2.05) is 6.07 Å². The van der Waals surface area contributed by atoms with Gasteiger partial charge in [-0.3, -0.25) is 4.90 Å². The molecule has 0 aliphatic carbocycles. The van der Waals surface area contributed by atoms with Crippen molar-refractivity contribution < 1.29 is 14.2 Å². The summed E-state index contributed by atoms with van der Waals surface area (Å²) in [5.74, 6) is 2.26. The van der Waals surface area contributed by atoms with Gasteiger partial charge in [0.25, 0.3) is 0 Å². The number of nitrogens with one attached hydrogen (secondary N) is 1. The second-order valence-electron chi connectivity index (χ2n) is 4.63. The number of halogens is 1. The fourth-order valence-electron chi connectivity index (χ4n) is 2.47. The quantitative estimate of drug-likeness (QED) is 0.883. The molecule has 1 saturated heterocycles. The minimum atomic E-state index is 0.713. The number of piperazine rings is 1. The van der Waals surface area contributed by atoms with E-state index in [0.29, 0.717) is 5.75 Å². The van der Waals surface area contributed by atoms with Gasteiger partial charge in [-0.1, -0.05) is 0 Å². The molecule has 0 radical (unpaired) electrons. The van der Waals surface area contributed by atoms with E-state index >= 15 is 0 Å². The molecule has 1 aliphatic heterocycles. The highest BCUT2D eigenvalue weighted by molar-refractivity contribution is 9.10. The summed E-state index contributed by atoms with van der Waals surface area (Å²) in [5, 5.41) is 3.35. The van der Waals surface area contributed by atoms with Crippen LogP contribution in [0.4, 0.5) is 0 Å². The Bertz CT molecular complexity index is 462. The van der Waals surface area contributed by atoms with Crippen LogP contribution in [0.15, 0.2) is 10.5 Å². The first-order valence-electron chi connectivity index (χ1n) is 6.61. The maximum Gasteiger partial charge on any atom is 0.169 e. The van der Waals surface area contributed by atoms with Crippen molar-refractivity contribution in [2.45, 2.75) is 6.54 Å². The zero-order valence-electron chi connectivity index (χ0n) is 12.2. The first-order chi connectivity index (χ1) is 9.71. The van der Waals surface area contributed by atoms with Gasteiger partial charge < -0.3 is 19.5 Å². The highest BCUT2D eigenvalue weighted by Gasteiger charge is 2.22. The van der Waals surface area contributed by atoms with Gasteiger partial charge in [0.1, 0.15) is 5.75 Å². The first kappa shape index (κ1) is 15.4. The third kappa shape index (κ3) is 3.19. The second kappa shape index (κ2) is 7.15.